The fourth-order valence-electron chi connectivity index (χ4n) is 3.81. The number of nitrogens with one attached hydrogen (secondary N) is 1. The van der Waals surface area contributed by atoms with Gasteiger partial charge in [0.15, 0.2) is 0 Å². The number of rotatable bonds is 7. The Morgan fingerprint density at radius 2 is 1.72 bits per heavy atom. The van der Waals surface area contributed by atoms with Crippen molar-refractivity contribution in [2.24, 2.45) is 0 Å². The first-order valence-corrected chi connectivity index (χ1v) is 12.4. The largest absolute Gasteiger partial charge is 0.489 e. The molecule has 36 heavy (non-hydrogen) atoms. The Balaban J connectivity index is 1.62. The number of carbonyl (C=O) groups is 3. The molecule has 182 valence electrons. The number of imide groups is 2. The van der Waals surface area contributed by atoms with Crippen LogP contribution in [0.5, 0.6) is 5.75 Å². The second-order valence-corrected chi connectivity index (χ2v) is 9.75. The van der Waals surface area contributed by atoms with Crippen LogP contribution < -0.4 is 15.0 Å². The Kier molecular flexibility index (Phi) is 7.69. The number of ether oxygens (including phenoxy) is 1. The van der Waals surface area contributed by atoms with E-state index < -0.39 is 17.8 Å². The lowest BCUT2D eigenvalue weighted by molar-refractivity contribution is -0.122. The van der Waals surface area contributed by atoms with E-state index in [2.05, 4.69) is 34.5 Å². The Morgan fingerprint density at radius 1 is 0.972 bits per heavy atom. The molecule has 3 aromatic rings. The maximum absolute atomic E-state index is 13.2. The zero-order valence-electron chi connectivity index (χ0n) is 20.0. The van der Waals surface area contributed by atoms with E-state index in [1.807, 2.05) is 56.3 Å². The SMILES string of the molecule is C=CCc1cc(/C=C2\C(=O)NC(=O)N(c3ccc(C)c(C)c3)C2=O)ccc1OCc1ccc(I)cc1. The van der Waals surface area contributed by atoms with E-state index in [4.69, 9.17) is 4.74 Å². The van der Waals surface area contributed by atoms with Gasteiger partial charge in [-0.3, -0.25) is 14.9 Å². The average molecular weight is 592 g/mol. The maximum Gasteiger partial charge on any atom is 0.335 e. The molecule has 6 nitrogen and oxygen atoms in total. The van der Waals surface area contributed by atoms with Gasteiger partial charge in [-0.2, -0.15) is 0 Å². The summed E-state index contributed by atoms with van der Waals surface area (Å²) in [5.74, 6) is -0.701. The number of urea groups is 1. The number of aryl methyl sites for hydroxylation is 2. The van der Waals surface area contributed by atoms with Crippen molar-refractivity contribution in [2.45, 2.75) is 26.9 Å². The highest BCUT2D eigenvalue weighted by Gasteiger charge is 2.36. The van der Waals surface area contributed by atoms with Gasteiger partial charge in [0, 0.05) is 3.57 Å². The minimum Gasteiger partial charge on any atom is -0.489 e. The van der Waals surface area contributed by atoms with E-state index >= 15 is 0 Å². The molecule has 1 aliphatic heterocycles. The number of anilines is 1. The summed E-state index contributed by atoms with van der Waals surface area (Å²) in [4.78, 5) is 39.3. The fourth-order valence-corrected chi connectivity index (χ4v) is 4.17. The van der Waals surface area contributed by atoms with Crippen LogP contribution in [-0.4, -0.2) is 17.8 Å². The number of hydrogen-bond acceptors (Lipinski definition) is 4. The summed E-state index contributed by atoms with van der Waals surface area (Å²) in [6.45, 7) is 8.08. The summed E-state index contributed by atoms with van der Waals surface area (Å²) < 4.78 is 7.20. The van der Waals surface area contributed by atoms with E-state index in [9.17, 15) is 14.4 Å². The van der Waals surface area contributed by atoms with Crippen molar-refractivity contribution in [3.05, 3.63) is 110 Å². The number of nitrogens with zero attached hydrogens (tertiary/aromatic N) is 1. The monoisotopic (exact) mass is 592 g/mol. The third-order valence-electron chi connectivity index (χ3n) is 5.92. The van der Waals surface area contributed by atoms with Gasteiger partial charge in [0.05, 0.1) is 5.69 Å². The Bertz CT molecular complexity index is 1390. The summed E-state index contributed by atoms with van der Waals surface area (Å²) in [6, 6.07) is 18.0. The van der Waals surface area contributed by atoms with Crippen LogP contribution in [0.15, 0.2) is 78.9 Å². The quantitative estimate of drug-likeness (QED) is 0.161. The highest BCUT2D eigenvalue weighted by atomic mass is 127. The second kappa shape index (κ2) is 10.9. The topological polar surface area (TPSA) is 75.7 Å². The summed E-state index contributed by atoms with van der Waals surface area (Å²) in [7, 11) is 0. The molecule has 0 aromatic heterocycles. The predicted octanol–water partition coefficient (Wildman–Crippen LogP) is 5.88. The number of hydrogen-bond donors (Lipinski definition) is 1. The Labute approximate surface area is 223 Å². The van der Waals surface area contributed by atoms with Crippen LogP contribution in [0.2, 0.25) is 0 Å². The van der Waals surface area contributed by atoms with Crippen molar-refractivity contribution >= 4 is 52.2 Å². The van der Waals surface area contributed by atoms with Gasteiger partial charge in [0.1, 0.15) is 17.9 Å². The number of benzene rings is 3. The third-order valence-corrected chi connectivity index (χ3v) is 6.64. The zero-order valence-corrected chi connectivity index (χ0v) is 22.2. The van der Waals surface area contributed by atoms with E-state index in [-0.39, 0.29) is 5.57 Å². The number of halogens is 1. The summed E-state index contributed by atoms with van der Waals surface area (Å²) in [5.41, 5.74) is 4.82. The van der Waals surface area contributed by atoms with Crippen LogP contribution in [0, 0.1) is 17.4 Å². The third kappa shape index (κ3) is 5.57. The van der Waals surface area contributed by atoms with Crippen LogP contribution in [0.3, 0.4) is 0 Å². The molecule has 0 spiro atoms. The van der Waals surface area contributed by atoms with Gasteiger partial charge in [-0.1, -0.05) is 30.3 Å². The van der Waals surface area contributed by atoms with Crippen molar-refractivity contribution in [3.8, 4) is 5.75 Å². The molecule has 1 fully saturated rings. The summed E-state index contributed by atoms with van der Waals surface area (Å²) in [6.07, 6.45) is 3.81. The normalized spacial score (nSPS) is 14.7. The number of allylic oxidation sites excluding steroid dienone is 1. The van der Waals surface area contributed by atoms with E-state index in [0.717, 1.165) is 30.7 Å². The van der Waals surface area contributed by atoms with Gasteiger partial charge in [0.2, 0.25) is 0 Å². The van der Waals surface area contributed by atoms with Crippen LogP contribution in [0.1, 0.15) is 27.8 Å². The lowest BCUT2D eigenvalue weighted by Crippen LogP contribution is -2.54. The van der Waals surface area contributed by atoms with Gasteiger partial charge in [-0.15, -0.1) is 6.58 Å². The van der Waals surface area contributed by atoms with E-state index in [1.54, 1.807) is 24.3 Å². The predicted molar refractivity (Wildman–Crippen MR) is 149 cm³/mol. The molecule has 1 aliphatic rings. The van der Waals surface area contributed by atoms with Crippen LogP contribution in [-0.2, 0) is 22.6 Å². The molecule has 0 unspecified atom stereocenters. The minimum atomic E-state index is -0.767. The molecule has 4 rings (SSSR count). The van der Waals surface area contributed by atoms with Crippen molar-refractivity contribution < 1.29 is 19.1 Å². The zero-order chi connectivity index (χ0) is 25.8. The van der Waals surface area contributed by atoms with Crippen LogP contribution in [0.4, 0.5) is 10.5 Å². The highest BCUT2D eigenvalue weighted by molar-refractivity contribution is 14.1. The minimum absolute atomic E-state index is 0.120. The van der Waals surface area contributed by atoms with Crippen molar-refractivity contribution in [1.82, 2.24) is 5.32 Å². The maximum atomic E-state index is 13.2. The van der Waals surface area contributed by atoms with Crippen molar-refractivity contribution in [3.63, 3.8) is 0 Å². The molecule has 1 heterocycles. The second-order valence-electron chi connectivity index (χ2n) is 8.50. The van der Waals surface area contributed by atoms with Crippen LogP contribution >= 0.6 is 22.6 Å². The molecule has 3 aromatic carbocycles. The Hall–Kier alpha value is -3.72. The van der Waals surface area contributed by atoms with Gasteiger partial charge in [-0.25, -0.2) is 9.69 Å². The lowest BCUT2D eigenvalue weighted by atomic mass is 10.0. The molecule has 0 bridgehead atoms. The molecule has 0 atom stereocenters. The molecule has 1 saturated heterocycles. The van der Waals surface area contributed by atoms with Gasteiger partial charge >= 0.3 is 6.03 Å². The van der Waals surface area contributed by atoms with Crippen molar-refractivity contribution in [1.29, 1.82) is 0 Å². The standard InChI is InChI=1S/C29H25IN2O4/c1-4-5-22-15-21(9-13-26(22)36-17-20-7-10-23(30)11-8-20)16-25-27(33)31-29(35)32(28(25)34)24-12-6-18(2)19(3)14-24/h4,6-16H,1,5,17H2,2-3H3,(H,31,33,35)/b25-16+. The van der Waals surface area contributed by atoms with E-state index in [0.29, 0.717) is 30.0 Å². The van der Waals surface area contributed by atoms with Gasteiger partial charge < -0.3 is 4.74 Å². The molecule has 0 radical (unpaired) electrons. The molecule has 7 heteroatoms. The smallest absolute Gasteiger partial charge is 0.335 e. The molecule has 4 amide bonds. The lowest BCUT2D eigenvalue weighted by Gasteiger charge is -2.27. The van der Waals surface area contributed by atoms with Gasteiger partial charge in [-0.05, 0) is 113 Å². The molecular weight excluding hydrogens is 567 g/mol. The van der Waals surface area contributed by atoms with E-state index in [1.165, 1.54) is 6.08 Å². The highest BCUT2D eigenvalue weighted by Crippen LogP contribution is 2.27. The fraction of sp³-hybridized carbons (Fsp3) is 0.138. The first kappa shape index (κ1) is 25.4. The van der Waals surface area contributed by atoms with Gasteiger partial charge in [0.25, 0.3) is 11.8 Å². The van der Waals surface area contributed by atoms with Crippen LogP contribution in [0.25, 0.3) is 6.08 Å². The molecular formula is C29H25IN2O4. The summed E-state index contributed by atoms with van der Waals surface area (Å²) >= 11 is 2.26. The average Bonchev–Trinajstić information content (AvgIpc) is 2.84. The van der Waals surface area contributed by atoms with Crippen molar-refractivity contribution in [2.75, 3.05) is 4.90 Å². The first-order chi connectivity index (χ1) is 17.3. The summed E-state index contributed by atoms with van der Waals surface area (Å²) in [5, 5.41) is 2.27. The number of amides is 4. The number of carbonyl (C=O) groups excluding carboxylic acids is 3. The first-order valence-electron chi connectivity index (χ1n) is 11.4. The molecule has 0 saturated carbocycles. The Morgan fingerprint density at radius 3 is 2.42 bits per heavy atom. The molecule has 0 aliphatic carbocycles. The molecule has 1 N–H and O–H groups in total. The number of barbiturate groups is 1.